The smallest absolute Gasteiger partial charge is 0.369 e. The normalized spacial score (nSPS) is 17.4. The van der Waals surface area contributed by atoms with Crippen molar-refractivity contribution in [3.63, 3.8) is 0 Å². The quantitative estimate of drug-likeness (QED) is 0.904. The highest BCUT2D eigenvalue weighted by atomic mass is 19.4. The third-order valence-corrected chi connectivity index (χ3v) is 4.62. The number of benzene rings is 1. The molecule has 1 aromatic heterocycles. The molecule has 2 aromatic rings. The minimum atomic E-state index is -4.68. The molecule has 1 aromatic carbocycles. The van der Waals surface area contributed by atoms with Crippen molar-refractivity contribution in [1.82, 2.24) is 10.1 Å². The Bertz CT molecular complexity index is 734. The number of nitrogens with two attached hydrogens (primary N) is 1. The molecule has 1 fully saturated rings. The summed E-state index contributed by atoms with van der Waals surface area (Å²) in [6, 6.07) is 6.56. The molecule has 1 heterocycles. The summed E-state index contributed by atoms with van der Waals surface area (Å²) in [4.78, 5) is 15.3. The van der Waals surface area contributed by atoms with Gasteiger partial charge in [0.05, 0.1) is 5.92 Å². The van der Waals surface area contributed by atoms with E-state index in [1.807, 2.05) is 0 Å². The number of carbonyl (C=O) groups excluding carboxylic acids is 1. The van der Waals surface area contributed by atoms with Gasteiger partial charge in [0.15, 0.2) is 0 Å². The molecule has 1 saturated carbocycles. The Labute approximate surface area is 142 Å². The number of hydrogen-bond acceptors (Lipinski definition) is 4. The van der Waals surface area contributed by atoms with Crippen LogP contribution in [0.1, 0.15) is 49.5 Å². The van der Waals surface area contributed by atoms with E-state index < -0.39 is 12.1 Å². The van der Waals surface area contributed by atoms with Crippen LogP contribution in [0.2, 0.25) is 0 Å². The number of aromatic nitrogens is 2. The van der Waals surface area contributed by atoms with E-state index >= 15 is 0 Å². The van der Waals surface area contributed by atoms with Crippen molar-refractivity contribution in [2.24, 2.45) is 11.7 Å². The average molecular weight is 353 g/mol. The van der Waals surface area contributed by atoms with Crippen LogP contribution in [-0.4, -0.2) is 16.0 Å². The van der Waals surface area contributed by atoms with Crippen molar-refractivity contribution >= 4 is 5.91 Å². The molecule has 0 aliphatic heterocycles. The summed E-state index contributed by atoms with van der Waals surface area (Å²) in [5.74, 6) is -2.08. The van der Waals surface area contributed by atoms with Gasteiger partial charge in [0.25, 0.3) is 0 Å². The first-order chi connectivity index (χ1) is 11.9. The van der Waals surface area contributed by atoms with Crippen molar-refractivity contribution in [2.45, 2.75) is 44.2 Å². The Kier molecular flexibility index (Phi) is 4.78. The molecule has 1 atom stereocenters. The molecule has 5 nitrogen and oxygen atoms in total. The summed E-state index contributed by atoms with van der Waals surface area (Å²) < 4.78 is 41.8. The van der Waals surface area contributed by atoms with Crippen LogP contribution < -0.4 is 5.73 Å². The van der Waals surface area contributed by atoms with Crippen molar-refractivity contribution in [1.29, 1.82) is 0 Å². The lowest BCUT2D eigenvalue weighted by Crippen LogP contribution is -2.29. The third-order valence-electron chi connectivity index (χ3n) is 4.62. The maximum atomic E-state index is 12.5. The Balaban J connectivity index is 1.83. The lowest BCUT2D eigenvalue weighted by molar-refractivity contribution is -0.159. The second kappa shape index (κ2) is 6.85. The van der Waals surface area contributed by atoms with Gasteiger partial charge >= 0.3 is 12.1 Å². The number of halogens is 3. The Morgan fingerprint density at radius 1 is 1.16 bits per heavy atom. The van der Waals surface area contributed by atoms with E-state index in [1.165, 1.54) is 6.42 Å². The lowest BCUT2D eigenvalue weighted by atomic mass is 9.76. The Morgan fingerprint density at radius 3 is 2.32 bits per heavy atom. The van der Waals surface area contributed by atoms with Gasteiger partial charge < -0.3 is 10.3 Å². The van der Waals surface area contributed by atoms with Crippen molar-refractivity contribution < 1.29 is 22.5 Å². The Hall–Kier alpha value is -2.38. The fourth-order valence-corrected chi connectivity index (χ4v) is 3.43. The number of hydrogen-bond donors (Lipinski definition) is 1. The molecule has 8 heteroatoms. The van der Waals surface area contributed by atoms with E-state index in [0.29, 0.717) is 5.56 Å². The zero-order valence-corrected chi connectivity index (χ0v) is 13.4. The number of rotatable bonds is 4. The Morgan fingerprint density at radius 2 is 1.80 bits per heavy atom. The number of nitrogens with zero attached hydrogens (tertiary/aromatic N) is 2. The molecule has 1 unspecified atom stereocenters. The summed E-state index contributed by atoms with van der Waals surface area (Å²) >= 11 is 0. The molecule has 0 radical (unpaired) electrons. The average Bonchev–Trinajstić information content (AvgIpc) is 3.07. The molecule has 25 heavy (non-hydrogen) atoms. The van der Waals surface area contributed by atoms with Crippen LogP contribution >= 0.6 is 0 Å². The predicted molar refractivity (Wildman–Crippen MR) is 83.2 cm³/mol. The van der Waals surface area contributed by atoms with Gasteiger partial charge in [-0.3, -0.25) is 4.79 Å². The SMILES string of the molecule is NC(=O)C(c1ccc(-c2noc(C(F)(F)F)n2)cc1)C1CCCCC1. The van der Waals surface area contributed by atoms with E-state index in [1.54, 1.807) is 24.3 Å². The highest BCUT2D eigenvalue weighted by Crippen LogP contribution is 2.36. The molecule has 1 aliphatic rings. The summed E-state index contributed by atoms with van der Waals surface area (Å²) in [6.45, 7) is 0. The van der Waals surface area contributed by atoms with Gasteiger partial charge in [0, 0.05) is 5.56 Å². The molecule has 3 rings (SSSR count). The summed E-state index contributed by atoms with van der Waals surface area (Å²) in [6.07, 6.45) is 0.555. The fourth-order valence-electron chi connectivity index (χ4n) is 3.43. The van der Waals surface area contributed by atoms with E-state index in [-0.39, 0.29) is 23.6 Å². The van der Waals surface area contributed by atoms with E-state index in [9.17, 15) is 18.0 Å². The maximum Gasteiger partial charge on any atom is 0.471 e. The minimum Gasteiger partial charge on any atom is -0.369 e. The summed E-state index contributed by atoms with van der Waals surface area (Å²) in [7, 11) is 0. The molecule has 2 N–H and O–H groups in total. The highest BCUT2D eigenvalue weighted by Gasteiger charge is 2.38. The van der Waals surface area contributed by atoms with E-state index in [4.69, 9.17) is 5.73 Å². The second-order valence-corrected chi connectivity index (χ2v) is 6.32. The minimum absolute atomic E-state index is 0.146. The van der Waals surface area contributed by atoms with Crippen LogP contribution in [0, 0.1) is 5.92 Å². The molecule has 134 valence electrons. The van der Waals surface area contributed by atoms with Crippen LogP contribution in [0.3, 0.4) is 0 Å². The van der Waals surface area contributed by atoms with Gasteiger partial charge in [0.2, 0.25) is 11.7 Å². The predicted octanol–water partition coefficient (Wildman–Crippen LogP) is 3.90. The number of carbonyl (C=O) groups is 1. The molecular formula is C17H18F3N3O2. The maximum absolute atomic E-state index is 12.5. The molecule has 1 amide bonds. The van der Waals surface area contributed by atoms with Crippen molar-refractivity contribution in [3.8, 4) is 11.4 Å². The molecule has 0 spiro atoms. The molecule has 0 saturated heterocycles. The van der Waals surface area contributed by atoms with Crippen LogP contribution in [0.15, 0.2) is 28.8 Å². The molecule has 0 bridgehead atoms. The van der Waals surface area contributed by atoms with Gasteiger partial charge in [-0.05, 0) is 24.3 Å². The van der Waals surface area contributed by atoms with Crippen molar-refractivity contribution in [3.05, 3.63) is 35.7 Å². The van der Waals surface area contributed by atoms with Crippen LogP contribution in [0.25, 0.3) is 11.4 Å². The largest absolute Gasteiger partial charge is 0.471 e. The van der Waals surface area contributed by atoms with Gasteiger partial charge in [-0.25, -0.2) is 0 Å². The monoisotopic (exact) mass is 353 g/mol. The zero-order chi connectivity index (χ0) is 18.0. The summed E-state index contributed by atoms with van der Waals surface area (Å²) in [5, 5.41) is 3.35. The summed E-state index contributed by atoms with van der Waals surface area (Å²) in [5.41, 5.74) is 6.75. The van der Waals surface area contributed by atoms with Gasteiger partial charge in [-0.2, -0.15) is 18.2 Å². The van der Waals surface area contributed by atoms with E-state index in [2.05, 4.69) is 14.7 Å². The second-order valence-electron chi connectivity index (χ2n) is 6.32. The first-order valence-electron chi connectivity index (χ1n) is 8.17. The van der Waals surface area contributed by atoms with Gasteiger partial charge in [-0.1, -0.05) is 48.7 Å². The first-order valence-corrected chi connectivity index (χ1v) is 8.17. The number of alkyl halides is 3. The third kappa shape index (κ3) is 3.83. The first kappa shape index (κ1) is 17.4. The zero-order valence-electron chi connectivity index (χ0n) is 13.4. The van der Waals surface area contributed by atoms with Crippen LogP contribution in [-0.2, 0) is 11.0 Å². The van der Waals surface area contributed by atoms with Gasteiger partial charge in [-0.15, -0.1) is 0 Å². The number of primary amides is 1. The van der Waals surface area contributed by atoms with Crippen LogP contribution in [0.5, 0.6) is 0 Å². The molecule has 1 aliphatic carbocycles. The van der Waals surface area contributed by atoms with Gasteiger partial charge in [0.1, 0.15) is 0 Å². The van der Waals surface area contributed by atoms with E-state index in [0.717, 1.165) is 31.2 Å². The lowest BCUT2D eigenvalue weighted by Gasteiger charge is -2.28. The van der Waals surface area contributed by atoms with Crippen molar-refractivity contribution in [2.75, 3.05) is 0 Å². The topological polar surface area (TPSA) is 82.0 Å². The standard InChI is InChI=1S/C17H18F3N3O2/c18-17(19,20)16-22-15(23-25-16)12-8-6-11(7-9-12)13(14(21)24)10-4-2-1-3-5-10/h6-10,13H,1-5H2,(H2,21,24). The number of amides is 1. The highest BCUT2D eigenvalue weighted by molar-refractivity contribution is 5.82. The fraction of sp³-hybridized carbons (Fsp3) is 0.471. The molecular weight excluding hydrogens is 335 g/mol. The van der Waals surface area contributed by atoms with Crippen LogP contribution in [0.4, 0.5) is 13.2 Å².